The molecule has 0 atom stereocenters. The average molecular weight is 594 g/mol. The molecule has 41 heavy (non-hydrogen) atoms. The number of nitrogens with zero attached hydrogens (tertiary/aromatic N) is 2. The summed E-state index contributed by atoms with van der Waals surface area (Å²) in [5, 5.41) is 3.36. The fourth-order valence-electron chi connectivity index (χ4n) is 4.78. The molecule has 0 spiro atoms. The summed E-state index contributed by atoms with van der Waals surface area (Å²) in [5.74, 6) is 0.604. The molecule has 3 aromatic carbocycles. The maximum Gasteiger partial charge on any atom is 0.329 e. The van der Waals surface area contributed by atoms with Crippen molar-refractivity contribution in [2.75, 3.05) is 20.2 Å². The Morgan fingerprint density at radius 2 is 1.63 bits per heavy atom. The second kappa shape index (κ2) is 12.7. The van der Waals surface area contributed by atoms with Gasteiger partial charge in [0.05, 0.1) is 23.7 Å². The van der Waals surface area contributed by atoms with Gasteiger partial charge in [-0.3, -0.25) is 14.5 Å². The van der Waals surface area contributed by atoms with Gasteiger partial charge in [-0.05, 0) is 78.4 Å². The summed E-state index contributed by atoms with van der Waals surface area (Å²) in [5.41, 5.74) is 3.06. The summed E-state index contributed by atoms with van der Waals surface area (Å²) in [6.07, 6.45) is 4.87. The standard InChI is InChI=1S/C31H29Cl2N3O5/c1-40-28-17-21(16-26-30(38)36(31(39)34-26)18-22-7-11-24(32)25(33)15-22)8-12-27(28)41-19-20-5-9-23(10-6-20)29(37)35-13-3-2-4-14-35/h5-12,15-17H,2-4,13-14,18-19H2,1H3,(H,34,39)/b26-16-. The van der Waals surface area contributed by atoms with Crippen molar-refractivity contribution in [3.05, 3.63) is 98.7 Å². The summed E-state index contributed by atoms with van der Waals surface area (Å²) in [6.45, 7) is 1.97. The lowest BCUT2D eigenvalue weighted by Crippen LogP contribution is -2.35. The molecule has 1 N–H and O–H groups in total. The quantitative estimate of drug-likeness (QED) is 0.244. The first-order valence-electron chi connectivity index (χ1n) is 13.3. The molecule has 212 valence electrons. The van der Waals surface area contributed by atoms with Crippen LogP contribution in [-0.4, -0.2) is 47.8 Å². The number of likely N-dealkylation sites (tertiary alicyclic amines) is 1. The molecule has 4 amide bonds. The number of methoxy groups -OCH3 is 1. The molecule has 0 aliphatic carbocycles. The highest BCUT2D eigenvalue weighted by molar-refractivity contribution is 6.42. The largest absolute Gasteiger partial charge is 0.493 e. The number of hydrogen-bond donors (Lipinski definition) is 1. The van der Waals surface area contributed by atoms with Gasteiger partial charge in [0.2, 0.25) is 0 Å². The molecule has 10 heteroatoms. The van der Waals surface area contributed by atoms with Crippen LogP contribution in [0.2, 0.25) is 10.0 Å². The number of ether oxygens (including phenoxy) is 2. The minimum absolute atomic E-state index is 0.0579. The molecule has 5 rings (SSSR count). The van der Waals surface area contributed by atoms with Gasteiger partial charge in [-0.25, -0.2) is 4.79 Å². The third-order valence-corrected chi connectivity index (χ3v) is 7.76. The Kier molecular flexibility index (Phi) is 8.81. The smallest absolute Gasteiger partial charge is 0.329 e. The molecule has 0 aromatic heterocycles. The molecule has 3 aromatic rings. The number of benzene rings is 3. The van der Waals surface area contributed by atoms with Crippen LogP contribution in [0.15, 0.2) is 66.4 Å². The maximum absolute atomic E-state index is 12.9. The third kappa shape index (κ3) is 6.66. The minimum atomic E-state index is -0.525. The first kappa shape index (κ1) is 28.5. The van der Waals surface area contributed by atoms with E-state index in [-0.39, 0.29) is 24.8 Å². The molecule has 0 saturated carbocycles. The average Bonchev–Trinajstić information content (AvgIpc) is 3.25. The number of amides is 4. The lowest BCUT2D eigenvalue weighted by molar-refractivity contribution is -0.123. The van der Waals surface area contributed by atoms with Gasteiger partial charge in [-0.2, -0.15) is 0 Å². The summed E-state index contributed by atoms with van der Waals surface area (Å²) in [7, 11) is 1.53. The molecule has 0 radical (unpaired) electrons. The van der Waals surface area contributed by atoms with E-state index in [0.29, 0.717) is 38.2 Å². The first-order valence-corrected chi connectivity index (χ1v) is 14.1. The Balaban J connectivity index is 1.22. The Morgan fingerprint density at radius 1 is 0.902 bits per heavy atom. The summed E-state index contributed by atoms with van der Waals surface area (Å²) in [6, 6.07) is 17.1. The predicted octanol–water partition coefficient (Wildman–Crippen LogP) is 6.30. The van der Waals surface area contributed by atoms with Crippen LogP contribution in [0.5, 0.6) is 11.5 Å². The zero-order valence-electron chi connectivity index (χ0n) is 22.5. The van der Waals surface area contributed by atoms with Crippen molar-refractivity contribution in [3.8, 4) is 11.5 Å². The van der Waals surface area contributed by atoms with Crippen LogP contribution in [0.3, 0.4) is 0 Å². The molecule has 0 unspecified atom stereocenters. The fourth-order valence-corrected chi connectivity index (χ4v) is 5.10. The number of nitrogens with one attached hydrogen (secondary N) is 1. The number of hydrogen-bond acceptors (Lipinski definition) is 5. The SMILES string of the molecule is COc1cc(/C=C2\NC(=O)N(Cc3ccc(Cl)c(Cl)c3)C2=O)ccc1OCc1ccc(C(=O)N2CCCCC2)cc1. The van der Waals surface area contributed by atoms with E-state index in [2.05, 4.69) is 5.32 Å². The highest BCUT2D eigenvalue weighted by Gasteiger charge is 2.33. The molecule has 8 nitrogen and oxygen atoms in total. The van der Waals surface area contributed by atoms with E-state index in [1.165, 1.54) is 13.5 Å². The van der Waals surface area contributed by atoms with E-state index in [1.54, 1.807) is 42.5 Å². The normalized spacial score (nSPS) is 16.2. The molecule has 2 aliphatic heterocycles. The van der Waals surface area contributed by atoms with Gasteiger partial charge in [0.15, 0.2) is 11.5 Å². The van der Waals surface area contributed by atoms with Crippen LogP contribution in [-0.2, 0) is 17.9 Å². The predicted molar refractivity (Wildman–Crippen MR) is 157 cm³/mol. The van der Waals surface area contributed by atoms with E-state index in [0.717, 1.165) is 36.4 Å². The van der Waals surface area contributed by atoms with Crippen molar-refractivity contribution in [1.82, 2.24) is 15.1 Å². The van der Waals surface area contributed by atoms with Gasteiger partial charge >= 0.3 is 6.03 Å². The fraction of sp³-hybridized carbons (Fsp3) is 0.258. The number of carbonyl (C=O) groups excluding carboxylic acids is 3. The lowest BCUT2D eigenvalue weighted by atomic mass is 10.1. The first-order chi connectivity index (χ1) is 19.8. The molecule has 2 saturated heterocycles. The number of halogens is 2. The number of rotatable bonds is 8. The van der Waals surface area contributed by atoms with Crippen molar-refractivity contribution in [2.45, 2.75) is 32.4 Å². The molecule has 0 bridgehead atoms. The second-order valence-corrected chi connectivity index (χ2v) is 10.7. The van der Waals surface area contributed by atoms with Crippen LogP contribution >= 0.6 is 23.2 Å². The van der Waals surface area contributed by atoms with Crippen LogP contribution in [0, 0.1) is 0 Å². The zero-order chi connectivity index (χ0) is 28.9. The Labute approximate surface area is 248 Å². The Hall–Kier alpha value is -4.01. The minimum Gasteiger partial charge on any atom is -0.493 e. The van der Waals surface area contributed by atoms with Crippen LogP contribution < -0.4 is 14.8 Å². The number of piperidine rings is 1. The van der Waals surface area contributed by atoms with Gasteiger partial charge < -0.3 is 19.7 Å². The summed E-state index contributed by atoms with van der Waals surface area (Å²) >= 11 is 12.0. The van der Waals surface area contributed by atoms with Crippen molar-refractivity contribution < 1.29 is 23.9 Å². The second-order valence-electron chi connectivity index (χ2n) is 9.88. The zero-order valence-corrected chi connectivity index (χ0v) is 24.0. The maximum atomic E-state index is 12.9. The number of carbonyl (C=O) groups is 3. The topological polar surface area (TPSA) is 88.2 Å². The highest BCUT2D eigenvalue weighted by atomic mass is 35.5. The van der Waals surface area contributed by atoms with Crippen LogP contribution in [0.4, 0.5) is 4.79 Å². The van der Waals surface area contributed by atoms with E-state index in [9.17, 15) is 14.4 Å². The molecular formula is C31H29Cl2N3O5. The molecule has 2 heterocycles. The van der Waals surface area contributed by atoms with Crippen molar-refractivity contribution in [1.29, 1.82) is 0 Å². The number of urea groups is 1. The van der Waals surface area contributed by atoms with Crippen LogP contribution in [0.1, 0.15) is 46.3 Å². The van der Waals surface area contributed by atoms with Gasteiger partial charge in [0.1, 0.15) is 12.3 Å². The van der Waals surface area contributed by atoms with Gasteiger partial charge in [0, 0.05) is 18.7 Å². The summed E-state index contributed by atoms with van der Waals surface area (Å²) in [4.78, 5) is 41.2. The van der Waals surface area contributed by atoms with E-state index >= 15 is 0 Å². The Bertz CT molecular complexity index is 1500. The van der Waals surface area contributed by atoms with Gasteiger partial charge in [-0.1, -0.05) is 47.5 Å². The lowest BCUT2D eigenvalue weighted by Gasteiger charge is -2.26. The van der Waals surface area contributed by atoms with E-state index in [1.807, 2.05) is 29.2 Å². The monoisotopic (exact) mass is 593 g/mol. The van der Waals surface area contributed by atoms with Gasteiger partial charge in [0.25, 0.3) is 11.8 Å². The van der Waals surface area contributed by atoms with Gasteiger partial charge in [-0.15, -0.1) is 0 Å². The number of imide groups is 1. The Morgan fingerprint density at radius 3 is 2.34 bits per heavy atom. The van der Waals surface area contributed by atoms with Crippen molar-refractivity contribution in [3.63, 3.8) is 0 Å². The van der Waals surface area contributed by atoms with Crippen molar-refractivity contribution >= 4 is 47.1 Å². The third-order valence-electron chi connectivity index (χ3n) is 7.02. The van der Waals surface area contributed by atoms with Crippen LogP contribution in [0.25, 0.3) is 6.08 Å². The molecule has 2 fully saturated rings. The summed E-state index contributed by atoms with van der Waals surface area (Å²) < 4.78 is 11.5. The molecule has 2 aliphatic rings. The van der Waals surface area contributed by atoms with E-state index < -0.39 is 11.9 Å². The van der Waals surface area contributed by atoms with E-state index in [4.69, 9.17) is 32.7 Å². The molecular weight excluding hydrogens is 565 g/mol. The highest BCUT2D eigenvalue weighted by Crippen LogP contribution is 2.30. The van der Waals surface area contributed by atoms with Crippen molar-refractivity contribution in [2.24, 2.45) is 0 Å².